The fourth-order valence-electron chi connectivity index (χ4n) is 10.3. The first kappa shape index (κ1) is 66.2. The van der Waals surface area contributed by atoms with E-state index in [0.29, 0.717) is 0 Å². The molecule has 34 atom stereocenters. The van der Waals surface area contributed by atoms with Crippen LogP contribution in [0.2, 0.25) is 0 Å². The van der Waals surface area contributed by atoms with Gasteiger partial charge in [-0.25, -0.2) is 0 Å². The fourth-order valence-corrected chi connectivity index (χ4v) is 10.3. The van der Waals surface area contributed by atoms with Crippen molar-refractivity contribution in [2.45, 2.75) is 229 Å². The van der Waals surface area contributed by atoms with Crippen molar-refractivity contribution in [3.05, 3.63) is 0 Å². The molecule has 7 saturated heterocycles. The summed E-state index contributed by atoms with van der Waals surface area (Å²) in [5.74, 6) is -1.65. The van der Waals surface area contributed by atoms with Gasteiger partial charge in [0.25, 0.3) is 0 Å². The number of nitrogens with one attached hydrogen (secondary N) is 2. The Morgan fingerprint density at radius 3 is 1.49 bits per heavy atom. The van der Waals surface area contributed by atoms with E-state index in [1.54, 1.807) is 0 Å². The lowest BCUT2D eigenvalue weighted by atomic mass is 9.93. The molecule has 0 aromatic rings. The fraction of sp³-hybridized carbons (Fsp3) is 0.956. The number of carbonyl (C=O) groups excluding carboxylic acids is 2. The topological polar surface area (TPSA) is 563 Å². The summed E-state index contributed by atoms with van der Waals surface area (Å²) >= 11 is 0. The highest BCUT2D eigenvalue weighted by atomic mass is 16.8. The Morgan fingerprint density at radius 1 is 0.395 bits per heavy atom. The van der Waals surface area contributed by atoms with Gasteiger partial charge in [0.05, 0.1) is 45.7 Å². The van der Waals surface area contributed by atoms with Crippen LogP contribution in [0.25, 0.3) is 0 Å². The van der Waals surface area contributed by atoms with E-state index in [2.05, 4.69) is 10.6 Å². The zero-order valence-electron chi connectivity index (χ0n) is 43.5. The largest absolute Gasteiger partial charge is 0.394 e. The van der Waals surface area contributed by atoms with Crippen LogP contribution >= 0.6 is 0 Å². The molecule has 470 valence electrons. The van der Waals surface area contributed by atoms with Crippen LogP contribution in [-0.2, 0) is 71.2 Å². The Kier molecular flexibility index (Phi) is 23.2. The van der Waals surface area contributed by atoms with Gasteiger partial charge in [0.1, 0.15) is 159 Å². The summed E-state index contributed by atoms with van der Waals surface area (Å²) in [5.41, 5.74) is 0. The average Bonchev–Trinajstić information content (AvgIpc) is 3.44. The highest BCUT2D eigenvalue weighted by Crippen LogP contribution is 2.38. The van der Waals surface area contributed by atoms with Crippen LogP contribution in [-0.4, -0.2) is 357 Å². The highest BCUT2D eigenvalue weighted by Gasteiger charge is 2.58. The standard InChI is InChI=1S/C45H76N2O34/c1-10-21(55)27(61)32(66)43(71-10)79-36-20(47-12(3)53)39(68)72-17(7-51)35(36)78-40-19(46-11(2)52)26(60)34(16(6-50)75-40)77-44-33(67)37(25(59)15(5-49)74-44)80-45-38(81-42-30(64)22(56)13(54)8-69-42)29(63)24(58)18(76-45)9-70-41-31(65)28(62)23(57)14(4-48)73-41/h10,13-45,48-51,54-68H,4-9H2,1-3H3,(H,46,52)(H,47,53)/t10-,13+,14+,15+,16+,17+,18+,19+,20+,21+,22-,23+,24+,25+,26+,27+,28-,29-,30+,31-,32-,33-,34+,35+,36+,37-,38-,39+,40-,41-,42-,43-,44-,45+/m0/s1. The maximum atomic E-state index is 12.8. The zero-order valence-corrected chi connectivity index (χ0v) is 43.5. The number of ether oxygens (including phenoxy) is 13. The second kappa shape index (κ2) is 28.4. The number of rotatable bonds is 19. The molecule has 7 heterocycles. The number of hydrogen-bond acceptors (Lipinski definition) is 34. The quantitative estimate of drug-likeness (QED) is 0.0571. The summed E-state index contributed by atoms with van der Waals surface area (Å²) in [6.45, 7) is -2.15. The second-order valence-electron chi connectivity index (χ2n) is 20.6. The average molecular weight is 1190 g/mol. The Balaban J connectivity index is 1.14. The summed E-state index contributed by atoms with van der Waals surface area (Å²) in [6.07, 6.45) is -60.6. The molecule has 7 aliphatic heterocycles. The summed E-state index contributed by atoms with van der Waals surface area (Å²) in [7, 11) is 0. The minimum absolute atomic E-state index is 0.638. The number of aliphatic hydroxyl groups excluding tert-OH is 19. The van der Waals surface area contributed by atoms with E-state index in [0.717, 1.165) is 13.8 Å². The Hall–Kier alpha value is -2.34. The molecule has 0 aliphatic carbocycles. The van der Waals surface area contributed by atoms with Crippen molar-refractivity contribution in [2.24, 2.45) is 0 Å². The first-order chi connectivity index (χ1) is 38.3. The van der Waals surface area contributed by atoms with E-state index >= 15 is 0 Å². The molecule has 36 heteroatoms. The van der Waals surface area contributed by atoms with E-state index < -0.39 is 260 Å². The van der Waals surface area contributed by atoms with Crippen LogP contribution in [0.15, 0.2) is 0 Å². The van der Waals surface area contributed by atoms with Crippen LogP contribution in [0.5, 0.6) is 0 Å². The monoisotopic (exact) mass is 1190 g/mol. The molecule has 81 heavy (non-hydrogen) atoms. The van der Waals surface area contributed by atoms with Crippen molar-refractivity contribution in [3.8, 4) is 0 Å². The SMILES string of the molecule is CC(=O)N[C@@H]1[C@@H](O[C@@H]2O[C@@H](C)[C@@H](O)[C@@H](O)[C@@H]2O)[C@H](O[C@@H]2O[C@H](CO)[C@@H](O[C@@H]3O[C@H](CO)[C@@H](O)[C@H](O[C@H]4O[C@H](CO[C@H]5O[C@H](CO)[C@@H](O)[C@H](O)[C@@H]5O)[C@@H](O)[C@H](O)[C@@H]4O[C@@H]4OC[C@@H](O)[C@H](O)[C@H]4O)[C@@H]3O)[C@H](O)[C@H]2NC(C)=O)[C@@H](CO)O[C@H]1O. The molecular weight excluding hydrogens is 1110 g/mol. The molecular formula is C45H76N2O34. The first-order valence-electron chi connectivity index (χ1n) is 25.9. The van der Waals surface area contributed by atoms with Gasteiger partial charge in [-0.2, -0.15) is 0 Å². The zero-order chi connectivity index (χ0) is 59.6. The lowest BCUT2D eigenvalue weighted by Gasteiger charge is -2.51. The molecule has 0 saturated carbocycles. The molecule has 7 fully saturated rings. The third kappa shape index (κ3) is 14.4. The summed E-state index contributed by atoms with van der Waals surface area (Å²) in [6, 6.07) is -3.46. The molecule has 0 unspecified atom stereocenters. The van der Waals surface area contributed by atoms with Gasteiger partial charge in [0.2, 0.25) is 11.8 Å². The minimum atomic E-state index is -2.31. The van der Waals surface area contributed by atoms with Gasteiger partial charge in [-0.15, -0.1) is 0 Å². The number of carbonyl (C=O) groups is 2. The predicted octanol–water partition coefficient (Wildman–Crippen LogP) is -14.3. The first-order valence-corrected chi connectivity index (χ1v) is 25.9. The van der Waals surface area contributed by atoms with Crippen LogP contribution < -0.4 is 10.6 Å². The molecule has 7 aliphatic rings. The van der Waals surface area contributed by atoms with E-state index in [9.17, 15) is 107 Å². The highest BCUT2D eigenvalue weighted by molar-refractivity contribution is 5.73. The van der Waals surface area contributed by atoms with E-state index in [1.165, 1.54) is 6.92 Å². The Labute approximate surface area is 459 Å². The van der Waals surface area contributed by atoms with Gasteiger partial charge in [-0.05, 0) is 6.92 Å². The van der Waals surface area contributed by atoms with Crippen LogP contribution in [0.3, 0.4) is 0 Å². The van der Waals surface area contributed by atoms with Gasteiger partial charge in [0, 0.05) is 13.8 Å². The lowest BCUT2D eigenvalue weighted by Crippen LogP contribution is -2.71. The Morgan fingerprint density at radius 2 is 0.864 bits per heavy atom. The lowest BCUT2D eigenvalue weighted by molar-refractivity contribution is -0.396. The van der Waals surface area contributed by atoms with Crippen molar-refractivity contribution >= 4 is 11.8 Å². The molecule has 0 radical (unpaired) electrons. The van der Waals surface area contributed by atoms with Crippen molar-refractivity contribution < 1.29 is 168 Å². The van der Waals surface area contributed by atoms with Gasteiger partial charge in [-0.1, -0.05) is 0 Å². The van der Waals surface area contributed by atoms with Crippen molar-refractivity contribution in [2.75, 3.05) is 39.6 Å². The van der Waals surface area contributed by atoms with Gasteiger partial charge in [0.15, 0.2) is 44.0 Å². The summed E-state index contributed by atoms with van der Waals surface area (Å²) in [5, 5.41) is 210. The second-order valence-corrected chi connectivity index (χ2v) is 20.6. The molecule has 2 amide bonds. The molecule has 0 spiro atoms. The smallest absolute Gasteiger partial charge is 0.217 e. The van der Waals surface area contributed by atoms with Crippen molar-refractivity contribution in [1.29, 1.82) is 0 Å². The van der Waals surface area contributed by atoms with Crippen LogP contribution in [0.1, 0.15) is 20.8 Å². The Bertz CT molecular complexity index is 1990. The van der Waals surface area contributed by atoms with Crippen LogP contribution in [0, 0.1) is 0 Å². The van der Waals surface area contributed by atoms with E-state index in [1.807, 2.05) is 0 Å². The van der Waals surface area contributed by atoms with Crippen molar-refractivity contribution in [1.82, 2.24) is 10.6 Å². The predicted molar refractivity (Wildman–Crippen MR) is 248 cm³/mol. The number of hydrogen-bond donors (Lipinski definition) is 21. The van der Waals surface area contributed by atoms with Crippen LogP contribution in [0.4, 0.5) is 0 Å². The summed E-state index contributed by atoms with van der Waals surface area (Å²) in [4.78, 5) is 25.3. The van der Waals surface area contributed by atoms with Gasteiger partial charge >= 0.3 is 0 Å². The minimum Gasteiger partial charge on any atom is -0.394 e. The van der Waals surface area contributed by atoms with Gasteiger partial charge in [-0.3, -0.25) is 9.59 Å². The molecule has 0 aromatic carbocycles. The van der Waals surface area contributed by atoms with Crippen molar-refractivity contribution in [3.63, 3.8) is 0 Å². The molecule has 36 nitrogen and oxygen atoms in total. The third-order valence-corrected chi connectivity index (χ3v) is 14.9. The molecule has 0 aromatic heterocycles. The van der Waals surface area contributed by atoms with E-state index in [-0.39, 0.29) is 0 Å². The van der Waals surface area contributed by atoms with Gasteiger partial charge < -0.3 is 169 Å². The maximum Gasteiger partial charge on any atom is 0.217 e. The number of aliphatic hydroxyl groups is 19. The summed E-state index contributed by atoms with van der Waals surface area (Å²) < 4.78 is 75.1. The van der Waals surface area contributed by atoms with E-state index in [4.69, 9.17) is 61.6 Å². The molecule has 0 bridgehead atoms. The molecule has 7 rings (SSSR count). The molecule has 21 N–H and O–H groups in total. The number of amides is 2. The normalized spacial score (nSPS) is 50.8. The maximum absolute atomic E-state index is 12.8. The third-order valence-electron chi connectivity index (χ3n) is 14.9.